The number of carboxylic acid groups (broad SMARTS) is 1. The van der Waals surface area contributed by atoms with Crippen molar-refractivity contribution in [2.24, 2.45) is 11.8 Å². The number of hydrogen-bond acceptors (Lipinski definition) is 3. The fraction of sp³-hybridized carbons (Fsp3) is 0.750. The van der Waals surface area contributed by atoms with Crippen LogP contribution in [0, 0.1) is 11.8 Å². The van der Waals surface area contributed by atoms with Gasteiger partial charge >= 0.3 is 5.97 Å². The third-order valence-electron chi connectivity index (χ3n) is 2.38. The number of aliphatic hydroxyl groups excluding tert-OH is 1. The van der Waals surface area contributed by atoms with E-state index in [2.05, 4.69) is 0 Å². The van der Waals surface area contributed by atoms with Gasteiger partial charge in [0.1, 0.15) is 5.78 Å². The van der Waals surface area contributed by atoms with E-state index in [9.17, 15) is 9.59 Å². The van der Waals surface area contributed by atoms with E-state index in [4.69, 9.17) is 10.2 Å². The van der Waals surface area contributed by atoms with Crippen LogP contribution in [-0.2, 0) is 9.59 Å². The Morgan fingerprint density at radius 2 is 1.75 bits per heavy atom. The number of carboxylic acids is 1. The molecule has 1 unspecified atom stereocenters. The van der Waals surface area contributed by atoms with Gasteiger partial charge in [-0.05, 0) is 19.8 Å². The fourth-order valence-corrected chi connectivity index (χ4v) is 1.73. The molecule has 0 heterocycles. The third-order valence-corrected chi connectivity index (χ3v) is 2.38. The summed E-state index contributed by atoms with van der Waals surface area (Å²) in [5.74, 6) is -2.29. The minimum atomic E-state index is -0.980. The maximum absolute atomic E-state index is 10.9. The number of hydrogen-bond donors (Lipinski definition) is 2. The van der Waals surface area contributed by atoms with Crippen LogP contribution in [0.5, 0.6) is 0 Å². The Hall–Kier alpha value is -0.900. The number of aliphatic hydroxyl groups is 1. The summed E-state index contributed by atoms with van der Waals surface area (Å²) in [5.41, 5.74) is 0. The Labute approximate surface area is 70.2 Å². The van der Waals surface area contributed by atoms with E-state index in [1.54, 1.807) is 0 Å². The van der Waals surface area contributed by atoms with Crippen LogP contribution in [0.15, 0.2) is 0 Å². The van der Waals surface area contributed by atoms with Crippen LogP contribution in [0.4, 0.5) is 0 Å². The maximum Gasteiger partial charge on any atom is 0.307 e. The molecule has 0 amide bonds. The molecule has 0 aromatic carbocycles. The van der Waals surface area contributed by atoms with Crippen molar-refractivity contribution in [3.8, 4) is 0 Å². The number of Topliss-reactive ketones (excluding diaryl/α,β-unsaturated/α-hetero) is 1. The molecule has 4 heteroatoms. The Kier molecular flexibility index (Phi) is 2.47. The Morgan fingerprint density at radius 3 is 2.08 bits per heavy atom. The molecule has 0 saturated heterocycles. The largest absolute Gasteiger partial charge is 0.481 e. The smallest absolute Gasteiger partial charge is 0.307 e. The van der Waals surface area contributed by atoms with Gasteiger partial charge in [0.2, 0.25) is 0 Å². The predicted molar refractivity (Wildman–Crippen MR) is 40.5 cm³/mol. The van der Waals surface area contributed by atoms with Crippen LogP contribution in [0.25, 0.3) is 0 Å². The molecule has 0 spiro atoms. The van der Waals surface area contributed by atoms with Crippen molar-refractivity contribution < 1.29 is 19.8 Å². The lowest BCUT2D eigenvalue weighted by Crippen LogP contribution is -2.23. The van der Waals surface area contributed by atoms with Gasteiger partial charge in [-0.3, -0.25) is 9.59 Å². The summed E-state index contributed by atoms with van der Waals surface area (Å²) in [6, 6.07) is 0. The third kappa shape index (κ3) is 1.64. The van der Waals surface area contributed by atoms with Crippen molar-refractivity contribution in [1.29, 1.82) is 0 Å². The topological polar surface area (TPSA) is 74.6 Å². The molecule has 12 heavy (non-hydrogen) atoms. The van der Waals surface area contributed by atoms with Crippen molar-refractivity contribution in [3.63, 3.8) is 0 Å². The van der Waals surface area contributed by atoms with Gasteiger partial charge in [0.25, 0.3) is 0 Å². The second-order valence-corrected chi connectivity index (χ2v) is 3.29. The standard InChI is InChI=1S/C8H12O4/c1-4(9)6-2-5(10)3-7(6)8(11)12/h5-7,10H,2-3H2,1H3,(H,11,12)/t5?,6-,7+/m0/s1. The number of rotatable bonds is 2. The molecule has 1 aliphatic carbocycles. The fourth-order valence-electron chi connectivity index (χ4n) is 1.73. The molecule has 0 radical (unpaired) electrons. The van der Waals surface area contributed by atoms with Gasteiger partial charge in [-0.25, -0.2) is 0 Å². The van der Waals surface area contributed by atoms with Crippen LogP contribution in [0.3, 0.4) is 0 Å². The quantitative estimate of drug-likeness (QED) is 0.617. The average Bonchev–Trinajstić information content (AvgIpc) is 2.31. The molecule has 2 N–H and O–H groups in total. The number of carbonyl (C=O) groups is 2. The van der Waals surface area contributed by atoms with Crippen LogP contribution in [0.2, 0.25) is 0 Å². The Balaban J connectivity index is 2.72. The van der Waals surface area contributed by atoms with Gasteiger partial charge in [-0.1, -0.05) is 0 Å². The normalized spacial score (nSPS) is 35.0. The highest BCUT2D eigenvalue weighted by Gasteiger charge is 2.40. The number of carbonyl (C=O) groups excluding carboxylic acids is 1. The molecule has 4 nitrogen and oxygen atoms in total. The summed E-state index contributed by atoms with van der Waals surface area (Å²) < 4.78 is 0. The van der Waals surface area contributed by atoms with Crippen LogP contribution in [-0.4, -0.2) is 28.1 Å². The van der Waals surface area contributed by atoms with Crippen LogP contribution >= 0.6 is 0 Å². The zero-order chi connectivity index (χ0) is 9.30. The van der Waals surface area contributed by atoms with E-state index < -0.39 is 23.9 Å². The summed E-state index contributed by atoms with van der Waals surface area (Å²) in [5, 5.41) is 17.8. The minimum Gasteiger partial charge on any atom is -0.481 e. The lowest BCUT2D eigenvalue weighted by Gasteiger charge is -2.10. The predicted octanol–water partition coefficient (Wildman–Crippen LogP) is 0.0471. The number of aliphatic carboxylic acids is 1. The highest BCUT2D eigenvalue weighted by Crippen LogP contribution is 2.32. The van der Waals surface area contributed by atoms with E-state index in [0.717, 1.165) is 0 Å². The first kappa shape index (κ1) is 9.19. The molecule has 1 fully saturated rings. The molecule has 1 aliphatic rings. The summed E-state index contributed by atoms with van der Waals surface area (Å²) >= 11 is 0. The molecular weight excluding hydrogens is 160 g/mol. The summed E-state index contributed by atoms with van der Waals surface area (Å²) in [7, 11) is 0. The summed E-state index contributed by atoms with van der Waals surface area (Å²) in [6.07, 6.45) is -0.119. The van der Waals surface area contributed by atoms with E-state index in [1.807, 2.05) is 0 Å². The molecule has 0 aromatic heterocycles. The molecule has 0 aromatic rings. The Morgan fingerprint density at radius 1 is 1.25 bits per heavy atom. The molecule has 0 bridgehead atoms. The van der Waals surface area contributed by atoms with Gasteiger partial charge in [0, 0.05) is 5.92 Å². The van der Waals surface area contributed by atoms with Gasteiger partial charge in [0.15, 0.2) is 0 Å². The maximum atomic E-state index is 10.9. The van der Waals surface area contributed by atoms with Gasteiger partial charge < -0.3 is 10.2 Å². The van der Waals surface area contributed by atoms with Gasteiger partial charge in [-0.2, -0.15) is 0 Å². The first-order valence-electron chi connectivity index (χ1n) is 3.93. The lowest BCUT2D eigenvalue weighted by atomic mass is 9.93. The van der Waals surface area contributed by atoms with Crippen molar-refractivity contribution in [1.82, 2.24) is 0 Å². The molecular formula is C8H12O4. The summed E-state index contributed by atoms with van der Waals surface area (Å²) in [4.78, 5) is 21.5. The van der Waals surface area contributed by atoms with Crippen molar-refractivity contribution in [3.05, 3.63) is 0 Å². The molecule has 68 valence electrons. The summed E-state index contributed by atoms with van der Waals surface area (Å²) in [6.45, 7) is 1.37. The van der Waals surface area contributed by atoms with Crippen molar-refractivity contribution >= 4 is 11.8 Å². The monoisotopic (exact) mass is 172 g/mol. The van der Waals surface area contributed by atoms with E-state index in [-0.39, 0.29) is 12.2 Å². The first-order valence-corrected chi connectivity index (χ1v) is 3.93. The van der Waals surface area contributed by atoms with Gasteiger partial charge in [0.05, 0.1) is 12.0 Å². The zero-order valence-corrected chi connectivity index (χ0v) is 6.86. The molecule has 1 saturated carbocycles. The lowest BCUT2D eigenvalue weighted by molar-refractivity contribution is -0.145. The second kappa shape index (κ2) is 3.23. The van der Waals surface area contributed by atoms with Crippen molar-refractivity contribution in [2.75, 3.05) is 0 Å². The minimum absolute atomic E-state index is 0.140. The highest BCUT2D eigenvalue weighted by atomic mass is 16.4. The van der Waals surface area contributed by atoms with Gasteiger partial charge in [-0.15, -0.1) is 0 Å². The van der Waals surface area contributed by atoms with Crippen molar-refractivity contribution in [2.45, 2.75) is 25.9 Å². The highest BCUT2D eigenvalue weighted by molar-refractivity contribution is 5.85. The first-order chi connectivity index (χ1) is 5.52. The Bertz CT molecular complexity index is 189. The van der Waals surface area contributed by atoms with E-state index in [0.29, 0.717) is 6.42 Å². The SMILES string of the molecule is CC(=O)[C@@H]1CC(O)C[C@H]1C(=O)O. The van der Waals surface area contributed by atoms with Crippen LogP contribution < -0.4 is 0 Å². The molecule has 0 aliphatic heterocycles. The van der Waals surface area contributed by atoms with E-state index >= 15 is 0 Å². The van der Waals surface area contributed by atoms with E-state index in [1.165, 1.54) is 6.92 Å². The zero-order valence-electron chi connectivity index (χ0n) is 6.86. The average molecular weight is 172 g/mol. The second-order valence-electron chi connectivity index (χ2n) is 3.29. The van der Waals surface area contributed by atoms with Crippen LogP contribution in [0.1, 0.15) is 19.8 Å². The number of ketones is 1. The molecule has 1 rings (SSSR count). The molecule has 3 atom stereocenters.